The first-order valence-electron chi connectivity index (χ1n) is 8.04. The molecule has 7 heteroatoms. The smallest absolute Gasteiger partial charge is 0.263 e. The molecule has 1 aromatic heterocycles. The Morgan fingerprint density at radius 2 is 1.88 bits per heavy atom. The Morgan fingerprint density at radius 1 is 1.15 bits per heavy atom. The molecule has 1 heterocycles. The molecule has 2 aromatic carbocycles. The van der Waals surface area contributed by atoms with Crippen LogP contribution in [0.3, 0.4) is 0 Å². The summed E-state index contributed by atoms with van der Waals surface area (Å²) in [6.07, 6.45) is 0. The van der Waals surface area contributed by atoms with Crippen molar-refractivity contribution >= 4 is 45.0 Å². The molecule has 0 atom stereocenters. The lowest BCUT2D eigenvalue weighted by atomic mass is 10.2. The summed E-state index contributed by atoms with van der Waals surface area (Å²) >= 11 is 1.45. The van der Waals surface area contributed by atoms with E-state index in [4.69, 9.17) is 0 Å². The molecule has 1 amide bonds. The van der Waals surface area contributed by atoms with Gasteiger partial charge in [0.15, 0.2) is 5.13 Å². The lowest BCUT2D eigenvalue weighted by molar-refractivity contribution is 0.0981. The Balaban J connectivity index is 0.00000243. The molecular weight excluding hydrogens is 373 g/mol. The molecule has 26 heavy (non-hydrogen) atoms. The van der Waals surface area contributed by atoms with E-state index < -0.39 is 5.82 Å². The molecule has 0 radical (unpaired) electrons. The van der Waals surface area contributed by atoms with E-state index in [0.29, 0.717) is 18.2 Å². The Labute approximate surface area is 162 Å². The van der Waals surface area contributed by atoms with E-state index in [0.717, 1.165) is 15.8 Å². The van der Waals surface area contributed by atoms with E-state index in [1.807, 2.05) is 44.1 Å². The van der Waals surface area contributed by atoms with Crippen molar-refractivity contribution in [1.82, 2.24) is 9.88 Å². The first kappa shape index (κ1) is 20.3. The van der Waals surface area contributed by atoms with Crippen LogP contribution in [0.5, 0.6) is 0 Å². The number of likely N-dealkylation sites (N-methyl/N-ethyl adjacent to an activating group) is 1. The maximum Gasteiger partial charge on any atom is 0.263 e. The van der Waals surface area contributed by atoms with Crippen molar-refractivity contribution in [2.75, 3.05) is 32.1 Å². The van der Waals surface area contributed by atoms with Crippen LogP contribution < -0.4 is 4.90 Å². The number of aromatic nitrogens is 1. The Bertz CT molecular complexity index is 913. The third-order valence-corrected chi connectivity index (χ3v) is 4.92. The van der Waals surface area contributed by atoms with Crippen molar-refractivity contribution in [2.45, 2.75) is 6.92 Å². The van der Waals surface area contributed by atoms with Gasteiger partial charge >= 0.3 is 0 Å². The Morgan fingerprint density at radius 3 is 2.58 bits per heavy atom. The van der Waals surface area contributed by atoms with Crippen molar-refractivity contribution < 1.29 is 9.18 Å². The van der Waals surface area contributed by atoms with E-state index in [9.17, 15) is 9.18 Å². The third-order valence-electron chi connectivity index (χ3n) is 3.88. The van der Waals surface area contributed by atoms with Gasteiger partial charge in [0.2, 0.25) is 0 Å². The van der Waals surface area contributed by atoms with Crippen LogP contribution in [0, 0.1) is 12.7 Å². The summed E-state index contributed by atoms with van der Waals surface area (Å²) in [5.74, 6) is -0.880. The third kappa shape index (κ3) is 4.38. The molecule has 4 nitrogen and oxygen atoms in total. The number of hydrogen-bond donors (Lipinski definition) is 0. The van der Waals surface area contributed by atoms with Gasteiger partial charge in [-0.3, -0.25) is 9.69 Å². The van der Waals surface area contributed by atoms with Crippen molar-refractivity contribution in [3.8, 4) is 0 Å². The monoisotopic (exact) mass is 393 g/mol. The average Bonchev–Trinajstić information content (AvgIpc) is 2.97. The summed E-state index contributed by atoms with van der Waals surface area (Å²) in [4.78, 5) is 21.1. The van der Waals surface area contributed by atoms with Gasteiger partial charge in [0.05, 0.1) is 15.8 Å². The normalized spacial score (nSPS) is 10.8. The van der Waals surface area contributed by atoms with Crippen LogP contribution in [0.15, 0.2) is 42.5 Å². The van der Waals surface area contributed by atoms with E-state index in [2.05, 4.69) is 4.98 Å². The summed E-state index contributed by atoms with van der Waals surface area (Å²) in [7, 11) is 3.88. The largest absolute Gasteiger partial charge is 0.308 e. The molecule has 3 rings (SSSR count). The quantitative estimate of drug-likeness (QED) is 0.645. The number of benzene rings is 2. The second-order valence-corrected chi connectivity index (χ2v) is 7.22. The molecular formula is C19H21ClFN3OS. The highest BCUT2D eigenvalue weighted by atomic mass is 35.5. The van der Waals surface area contributed by atoms with Gasteiger partial charge in [-0.15, -0.1) is 12.4 Å². The lowest BCUT2D eigenvalue weighted by Crippen LogP contribution is -2.37. The number of fused-ring (bicyclic) bond motifs is 1. The van der Waals surface area contributed by atoms with Crippen LogP contribution >= 0.6 is 23.7 Å². The number of halogens is 2. The minimum atomic E-state index is -0.515. The number of thiazole rings is 1. The SMILES string of the molecule is Cc1ccc2nc(N(CCN(C)C)C(=O)c3ccccc3F)sc2c1.Cl. The van der Waals surface area contributed by atoms with Crippen LogP contribution in [0.1, 0.15) is 15.9 Å². The molecule has 0 aliphatic heterocycles. The predicted molar refractivity (Wildman–Crippen MR) is 108 cm³/mol. The summed E-state index contributed by atoms with van der Waals surface area (Å²) in [6, 6.07) is 12.1. The first-order chi connectivity index (χ1) is 12.0. The van der Waals surface area contributed by atoms with E-state index in [1.165, 1.54) is 23.5 Å². The molecule has 3 aromatic rings. The second-order valence-electron chi connectivity index (χ2n) is 6.21. The van der Waals surface area contributed by atoms with Gasteiger partial charge in [-0.2, -0.15) is 0 Å². The van der Waals surface area contributed by atoms with Gasteiger partial charge < -0.3 is 4.90 Å². The molecule has 0 bridgehead atoms. The van der Waals surface area contributed by atoms with Crippen LogP contribution in [-0.4, -0.2) is 43.0 Å². The summed E-state index contributed by atoms with van der Waals surface area (Å²) in [5, 5.41) is 0.593. The number of carbonyl (C=O) groups is 1. The molecule has 0 N–H and O–H groups in total. The highest BCUT2D eigenvalue weighted by Gasteiger charge is 2.23. The maximum atomic E-state index is 14.1. The summed E-state index contributed by atoms with van der Waals surface area (Å²) in [5.41, 5.74) is 2.06. The number of carbonyl (C=O) groups excluding carboxylic acids is 1. The zero-order chi connectivity index (χ0) is 18.0. The van der Waals surface area contributed by atoms with E-state index >= 15 is 0 Å². The number of rotatable bonds is 5. The van der Waals surface area contributed by atoms with Gasteiger partial charge in [0.25, 0.3) is 5.91 Å². The predicted octanol–water partition coefficient (Wildman–Crippen LogP) is 4.37. The van der Waals surface area contributed by atoms with E-state index in [-0.39, 0.29) is 23.9 Å². The zero-order valence-electron chi connectivity index (χ0n) is 14.9. The molecule has 0 fully saturated rings. The number of aryl methyl sites for hydroxylation is 1. The number of hydrogen-bond acceptors (Lipinski definition) is 4. The minimum absolute atomic E-state index is 0. The fourth-order valence-electron chi connectivity index (χ4n) is 2.50. The molecule has 138 valence electrons. The van der Waals surface area contributed by atoms with Crippen molar-refractivity contribution in [2.24, 2.45) is 0 Å². The molecule has 0 spiro atoms. The Hall–Kier alpha value is -2.02. The van der Waals surface area contributed by atoms with Gasteiger partial charge in [-0.1, -0.05) is 29.5 Å². The van der Waals surface area contributed by atoms with Crippen molar-refractivity contribution in [3.63, 3.8) is 0 Å². The number of anilines is 1. The molecule has 0 unspecified atom stereocenters. The van der Waals surface area contributed by atoms with Crippen LogP contribution in [0.4, 0.5) is 9.52 Å². The lowest BCUT2D eigenvalue weighted by Gasteiger charge is -2.22. The van der Waals surface area contributed by atoms with Crippen molar-refractivity contribution in [3.05, 3.63) is 59.4 Å². The molecule has 0 saturated carbocycles. The standard InChI is InChI=1S/C19H20FN3OS.ClH/c1-13-8-9-16-17(12-13)25-19(21-16)23(11-10-22(2)3)18(24)14-6-4-5-7-15(14)20;/h4-9,12H,10-11H2,1-3H3;1H. The van der Waals surface area contributed by atoms with Gasteiger partial charge in [-0.25, -0.2) is 9.37 Å². The topological polar surface area (TPSA) is 36.4 Å². The highest BCUT2D eigenvalue weighted by Crippen LogP contribution is 2.30. The average molecular weight is 394 g/mol. The summed E-state index contributed by atoms with van der Waals surface area (Å²) < 4.78 is 15.1. The second kappa shape index (κ2) is 8.58. The van der Waals surface area contributed by atoms with Gasteiger partial charge in [0, 0.05) is 13.1 Å². The fraction of sp³-hybridized carbons (Fsp3) is 0.263. The highest BCUT2D eigenvalue weighted by molar-refractivity contribution is 7.22. The molecule has 0 aliphatic rings. The number of amides is 1. The van der Waals surface area contributed by atoms with Gasteiger partial charge in [0.1, 0.15) is 5.82 Å². The fourth-order valence-corrected chi connectivity index (χ4v) is 3.59. The molecule has 0 saturated heterocycles. The Kier molecular flexibility index (Phi) is 6.69. The summed E-state index contributed by atoms with van der Waals surface area (Å²) in [6.45, 7) is 3.13. The van der Waals surface area contributed by atoms with Crippen LogP contribution in [0.2, 0.25) is 0 Å². The van der Waals surface area contributed by atoms with Crippen LogP contribution in [0.25, 0.3) is 10.2 Å². The van der Waals surface area contributed by atoms with Crippen LogP contribution in [-0.2, 0) is 0 Å². The number of nitrogens with zero attached hydrogens (tertiary/aromatic N) is 3. The molecule has 0 aliphatic carbocycles. The minimum Gasteiger partial charge on any atom is -0.308 e. The first-order valence-corrected chi connectivity index (χ1v) is 8.85. The zero-order valence-corrected chi connectivity index (χ0v) is 16.5. The van der Waals surface area contributed by atoms with Gasteiger partial charge in [-0.05, 0) is 50.8 Å². The van der Waals surface area contributed by atoms with E-state index in [1.54, 1.807) is 17.0 Å². The maximum absolute atomic E-state index is 14.1. The van der Waals surface area contributed by atoms with Crippen molar-refractivity contribution in [1.29, 1.82) is 0 Å².